The second-order valence-corrected chi connectivity index (χ2v) is 8.66. The number of amides is 2. The fourth-order valence-corrected chi connectivity index (χ4v) is 3.12. The largest absolute Gasteiger partial charge is 0.389 e. The number of benzene rings is 1. The molecule has 1 aliphatic carbocycles. The fraction of sp³-hybridized carbons (Fsp3) is 0.304. The van der Waals surface area contributed by atoms with E-state index in [0.717, 1.165) is 25.0 Å². The van der Waals surface area contributed by atoms with Crippen molar-refractivity contribution < 1.29 is 19.1 Å². The van der Waals surface area contributed by atoms with Gasteiger partial charge in [0.15, 0.2) is 11.5 Å². The normalized spacial score (nSPS) is 13.3. The zero-order valence-corrected chi connectivity index (χ0v) is 18.7. The lowest BCUT2D eigenvalue weighted by atomic mass is 10.1. The van der Waals surface area contributed by atoms with Gasteiger partial charge in [-0.3, -0.25) is 9.59 Å². The van der Waals surface area contributed by atoms with E-state index in [1.165, 1.54) is 24.8 Å². The summed E-state index contributed by atoms with van der Waals surface area (Å²) in [5, 5.41) is 18.0. The Kier molecular flexibility index (Phi) is 6.46. The topological polar surface area (TPSA) is 142 Å². The number of nitrogens with one attached hydrogen (secondary N) is 3. The number of carbonyl (C=O) groups is 2. The highest BCUT2D eigenvalue weighted by molar-refractivity contribution is 6.10. The lowest BCUT2D eigenvalue weighted by molar-refractivity contribution is 0.0694. The van der Waals surface area contributed by atoms with Crippen molar-refractivity contribution >= 4 is 29.0 Å². The maximum Gasteiger partial charge on any atom is 0.278 e. The summed E-state index contributed by atoms with van der Waals surface area (Å²) in [4.78, 5) is 42.6. The van der Waals surface area contributed by atoms with Crippen LogP contribution in [0.2, 0.25) is 0 Å². The SMILES string of the molecule is CC(C)(O)CNC(=O)c1ccc(F)cc1NC(=O)c1nc(C2CC2)cnc1Nc1cncnc1. The van der Waals surface area contributed by atoms with Gasteiger partial charge in [0.25, 0.3) is 11.8 Å². The first-order valence-electron chi connectivity index (χ1n) is 10.7. The van der Waals surface area contributed by atoms with Crippen LogP contribution in [0.4, 0.5) is 21.6 Å². The molecule has 10 nitrogen and oxygen atoms in total. The number of nitrogens with zero attached hydrogens (tertiary/aromatic N) is 4. The first-order valence-corrected chi connectivity index (χ1v) is 10.7. The average Bonchev–Trinajstić information content (AvgIpc) is 3.63. The van der Waals surface area contributed by atoms with Crippen molar-refractivity contribution in [2.75, 3.05) is 17.2 Å². The molecule has 1 aromatic carbocycles. The summed E-state index contributed by atoms with van der Waals surface area (Å²) >= 11 is 0. The minimum Gasteiger partial charge on any atom is -0.389 e. The number of aromatic nitrogens is 4. The van der Waals surface area contributed by atoms with Gasteiger partial charge in [-0.2, -0.15) is 0 Å². The lowest BCUT2D eigenvalue weighted by Crippen LogP contribution is -2.38. The Balaban J connectivity index is 1.62. The molecule has 2 aromatic heterocycles. The van der Waals surface area contributed by atoms with Crippen LogP contribution in [0.3, 0.4) is 0 Å². The number of rotatable bonds is 8. The number of hydrogen-bond acceptors (Lipinski definition) is 8. The summed E-state index contributed by atoms with van der Waals surface area (Å²) in [5.74, 6) is -1.47. The molecule has 4 N–H and O–H groups in total. The van der Waals surface area contributed by atoms with Crippen molar-refractivity contribution in [3.05, 3.63) is 65.9 Å². The van der Waals surface area contributed by atoms with Gasteiger partial charge in [0.05, 0.1) is 46.8 Å². The Hall–Kier alpha value is -3.99. The van der Waals surface area contributed by atoms with E-state index in [1.807, 2.05) is 0 Å². The molecule has 0 aliphatic heterocycles. The van der Waals surface area contributed by atoms with Crippen LogP contribution >= 0.6 is 0 Å². The van der Waals surface area contributed by atoms with Crippen LogP contribution in [-0.2, 0) is 0 Å². The molecule has 1 aliphatic rings. The van der Waals surface area contributed by atoms with E-state index in [-0.39, 0.29) is 35.2 Å². The molecule has 0 saturated heterocycles. The van der Waals surface area contributed by atoms with E-state index < -0.39 is 23.2 Å². The van der Waals surface area contributed by atoms with Gasteiger partial charge >= 0.3 is 0 Å². The maximum atomic E-state index is 14.0. The van der Waals surface area contributed by atoms with Gasteiger partial charge in [-0.15, -0.1) is 0 Å². The quantitative estimate of drug-likeness (QED) is 0.398. The summed E-state index contributed by atoms with van der Waals surface area (Å²) in [6.07, 6.45) is 7.94. The van der Waals surface area contributed by atoms with E-state index in [4.69, 9.17) is 0 Å². The van der Waals surface area contributed by atoms with Crippen LogP contribution in [0.5, 0.6) is 0 Å². The van der Waals surface area contributed by atoms with E-state index >= 15 is 0 Å². The third-order valence-corrected chi connectivity index (χ3v) is 4.98. The zero-order valence-electron chi connectivity index (χ0n) is 18.7. The van der Waals surface area contributed by atoms with Gasteiger partial charge in [0, 0.05) is 12.5 Å². The smallest absolute Gasteiger partial charge is 0.278 e. The standard InChI is InChI=1S/C23H24FN7O3/c1-23(2,34)11-28-21(32)16-6-5-14(24)7-17(16)31-22(33)19-20(29-15-8-25-12-26-9-15)27-10-18(30-19)13-3-4-13/h5-10,12-13,34H,3-4,11H2,1-2H3,(H,27,29)(H,28,32)(H,31,33). The second kappa shape index (κ2) is 9.48. The molecule has 0 radical (unpaired) electrons. The molecular weight excluding hydrogens is 441 g/mol. The number of carbonyl (C=O) groups excluding carboxylic acids is 2. The average molecular weight is 465 g/mol. The molecular formula is C23H24FN7O3. The van der Waals surface area contributed by atoms with E-state index in [0.29, 0.717) is 11.4 Å². The molecule has 2 heterocycles. The molecule has 3 aromatic rings. The summed E-state index contributed by atoms with van der Waals surface area (Å²) in [7, 11) is 0. The summed E-state index contributed by atoms with van der Waals surface area (Å²) < 4.78 is 14.0. The molecule has 0 bridgehead atoms. The van der Waals surface area contributed by atoms with Crippen molar-refractivity contribution in [3.63, 3.8) is 0 Å². The molecule has 0 spiro atoms. The maximum absolute atomic E-state index is 14.0. The van der Waals surface area contributed by atoms with Crippen LogP contribution in [0.1, 0.15) is 59.1 Å². The predicted molar refractivity (Wildman–Crippen MR) is 122 cm³/mol. The van der Waals surface area contributed by atoms with Crippen LogP contribution in [0, 0.1) is 5.82 Å². The Morgan fingerprint density at radius 1 is 1.15 bits per heavy atom. The first-order chi connectivity index (χ1) is 16.2. The van der Waals surface area contributed by atoms with E-state index in [9.17, 15) is 19.1 Å². The number of aliphatic hydroxyl groups is 1. The molecule has 2 amide bonds. The minimum absolute atomic E-state index is 0.0136. The van der Waals surface area contributed by atoms with Crippen molar-refractivity contribution in [1.29, 1.82) is 0 Å². The van der Waals surface area contributed by atoms with Gasteiger partial charge < -0.3 is 21.1 Å². The van der Waals surface area contributed by atoms with Gasteiger partial charge in [-0.05, 0) is 44.9 Å². The Bertz CT molecular complexity index is 1210. The first kappa shape index (κ1) is 23.2. The molecule has 0 unspecified atom stereocenters. The van der Waals surface area contributed by atoms with Gasteiger partial charge in [0.2, 0.25) is 0 Å². The molecule has 1 fully saturated rings. The Labute approximate surface area is 195 Å². The molecule has 176 valence electrons. The molecule has 4 rings (SSSR count). The number of anilines is 3. The molecule has 1 saturated carbocycles. The lowest BCUT2D eigenvalue weighted by Gasteiger charge is -2.18. The van der Waals surface area contributed by atoms with Crippen LogP contribution < -0.4 is 16.0 Å². The summed E-state index contributed by atoms with van der Waals surface area (Å²) in [6, 6.07) is 3.43. The summed E-state index contributed by atoms with van der Waals surface area (Å²) in [5.41, 5.74) is 0.0343. The van der Waals surface area contributed by atoms with E-state index in [2.05, 4.69) is 35.9 Å². The highest BCUT2D eigenvalue weighted by Crippen LogP contribution is 2.39. The highest BCUT2D eigenvalue weighted by atomic mass is 19.1. The second-order valence-electron chi connectivity index (χ2n) is 8.66. The van der Waals surface area contributed by atoms with Crippen LogP contribution in [-0.4, -0.2) is 49.0 Å². The summed E-state index contributed by atoms with van der Waals surface area (Å²) in [6.45, 7) is 3.05. The number of hydrogen-bond donors (Lipinski definition) is 4. The predicted octanol–water partition coefficient (Wildman–Crippen LogP) is 2.78. The van der Waals surface area contributed by atoms with Gasteiger partial charge in [-0.25, -0.2) is 24.3 Å². The van der Waals surface area contributed by atoms with Crippen molar-refractivity contribution in [1.82, 2.24) is 25.3 Å². The Morgan fingerprint density at radius 3 is 2.56 bits per heavy atom. The van der Waals surface area contributed by atoms with E-state index in [1.54, 1.807) is 20.0 Å². The van der Waals surface area contributed by atoms with Crippen LogP contribution in [0.25, 0.3) is 0 Å². The third-order valence-electron chi connectivity index (χ3n) is 4.98. The van der Waals surface area contributed by atoms with Gasteiger partial charge in [0.1, 0.15) is 12.1 Å². The van der Waals surface area contributed by atoms with Crippen molar-refractivity contribution in [3.8, 4) is 0 Å². The van der Waals surface area contributed by atoms with Crippen molar-refractivity contribution in [2.45, 2.75) is 38.2 Å². The fourth-order valence-electron chi connectivity index (χ4n) is 3.12. The molecule has 11 heteroatoms. The number of halogens is 1. The van der Waals surface area contributed by atoms with Crippen LogP contribution in [0.15, 0.2) is 43.1 Å². The highest BCUT2D eigenvalue weighted by Gasteiger charge is 2.28. The molecule has 0 atom stereocenters. The monoisotopic (exact) mass is 465 g/mol. The molecule has 34 heavy (non-hydrogen) atoms. The third kappa shape index (κ3) is 5.87. The Morgan fingerprint density at radius 2 is 1.88 bits per heavy atom. The zero-order chi connectivity index (χ0) is 24.3. The minimum atomic E-state index is -1.14. The van der Waals surface area contributed by atoms with Gasteiger partial charge in [-0.1, -0.05) is 0 Å². The van der Waals surface area contributed by atoms with Crippen molar-refractivity contribution in [2.24, 2.45) is 0 Å².